The number of benzene rings is 2. The Morgan fingerprint density at radius 3 is 2.57 bits per heavy atom. The van der Waals surface area contributed by atoms with Crippen LogP contribution in [-0.4, -0.2) is 11.2 Å². The minimum absolute atomic E-state index is 0.192. The molecule has 0 fully saturated rings. The van der Waals surface area contributed by atoms with Crippen LogP contribution < -0.4 is 5.32 Å². The maximum absolute atomic E-state index is 12.5. The molecule has 0 atom stereocenters. The minimum atomic E-state index is -0.192. The largest absolute Gasteiger partial charge is 0.321 e. The molecule has 0 unspecified atom stereocenters. The minimum Gasteiger partial charge on any atom is -0.321 e. The van der Waals surface area contributed by atoms with Crippen LogP contribution in [0.2, 0.25) is 10.0 Å². The molecule has 1 amide bonds. The molecule has 0 spiro atoms. The molecule has 0 aliphatic rings. The highest BCUT2D eigenvalue weighted by atomic mass is 35.5. The van der Waals surface area contributed by atoms with Crippen molar-refractivity contribution in [3.05, 3.63) is 58.1 Å². The topological polar surface area (TPSA) is 29.1 Å². The van der Waals surface area contributed by atoms with Crippen LogP contribution in [0.25, 0.3) is 0 Å². The Balaban J connectivity index is 2.26. The van der Waals surface area contributed by atoms with Crippen LogP contribution in [0.15, 0.2) is 47.4 Å². The Morgan fingerprint density at radius 2 is 1.86 bits per heavy atom. The molecular formula is C16H15Cl2NOS. The molecule has 110 valence electrons. The lowest BCUT2D eigenvalue weighted by atomic mass is 10.2. The molecule has 2 aromatic rings. The third-order valence-electron chi connectivity index (χ3n) is 2.67. The summed E-state index contributed by atoms with van der Waals surface area (Å²) >= 11 is 13.7. The monoisotopic (exact) mass is 339 g/mol. The van der Waals surface area contributed by atoms with Gasteiger partial charge in [0, 0.05) is 15.2 Å². The molecule has 0 bridgehead atoms. The van der Waals surface area contributed by atoms with E-state index >= 15 is 0 Å². The summed E-state index contributed by atoms with van der Waals surface area (Å²) in [6.07, 6.45) is 0. The smallest absolute Gasteiger partial charge is 0.256 e. The lowest BCUT2D eigenvalue weighted by Crippen LogP contribution is -2.13. The van der Waals surface area contributed by atoms with E-state index in [1.54, 1.807) is 36.0 Å². The van der Waals surface area contributed by atoms with Crippen LogP contribution in [0, 0.1) is 0 Å². The van der Waals surface area contributed by atoms with E-state index in [2.05, 4.69) is 19.2 Å². The van der Waals surface area contributed by atoms with Crippen LogP contribution in [0.3, 0.4) is 0 Å². The van der Waals surface area contributed by atoms with Crippen LogP contribution >= 0.6 is 35.0 Å². The number of carbonyl (C=O) groups excluding carboxylic acids is 1. The number of hydrogen-bond donors (Lipinski definition) is 1. The van der Waals surface area contributed by atoms with Gasteiger partial charge in [-0.15, -0.1) is 11.8 Å². The van der Waals surface area contributed by atoms with Gasteiger partial charge in [0.25, 0.3) is 5.91 Å². The number of carbonyl (C=O) groups is 1. The summed E-state index contributed by atoms with van der Waals surface area (Å²) in [5.74, 6) is -0.192. The average Bonchev–Trinajstić information content (AvgIpc) is 2.42. The van der Waals surface area contributed by atoms with E-state index in [1.165, 1.54) is 0 Å². The van der Waals surface area contributed by atoms with Gasteiger partial charge >= 0.3 is 0 Å². The van der Waals surface area contributed by atoms with E-state index in [0.717, 1.165) is 4.90 Å². The third kappa shape index (κ3) is 4.40. The van der Waals surface area contributed by atoms with Gasteiger partial charge in [-0.2, -0.15) is 0 Å². The zero-order valence-corrected chi connectivity index (χ0v) is 14.0. The first-order chi connectivity index (χ1) is 9.97. The van der Waals surface area contributed by atoms with E-state index in [-0.39, 0.29) is 5.91 Å². The van der Waals surface area contributed by atoms with Crippen molar-refractivity contribution in [2.75, 3.05) is 5.32 Å². The summed E-state index contributed by atoms with van der Waals surface area (Å²) < 4.78 is 0. The van der Waals surface area contributed by atoms with Gasteiger partial charge in [0.15, 0.2) is 0 Å². The zero-order chi connectivity index (χ0) is 15.4. The van der Waals surface area contributed by atoms with Crippen molar-refractivity contribution in [1.29, 1.82) is 0 Å². The second-order valence-corrected chi connectivity index (χ2v) is 7.20. The molecule has 2 nitrogen and oxygen atoms in total. The second kappa shape index (κ2) is 7.21. The molecule has 5 heteroatoms. The van der Waals surface area contributed by atoms with Gasteiger partial charge < -0.3 is 5.32 Å². The first-order valence-corrected chi connectivity index (χ1v) is 8.13. The Morgan fingerprint density at radius 1 is 1.14 bits per heavy atom. The van der Waals surface area contributed by atoms with Gasteiger partial charge in [-0.3, -0.25) is 4.79 Å². The Hall–Kier alpha value is -1.16. The van der Waals surface area contributed by atoms with Crippen molar-refractivity contribution in [3.8, 4) is 0 Å². The van der Waals surface area contributed by atoms with Crippen molar-refractivity contribution in [3.63, 3.8) is 0 Å². The summed E-state index contributed by atoms with van der Waals surface area (Å²) in [6, 6.07) is 12.5. The summed E-state index contributed by atoms with van der Waals surface area (Å²) in [4.78, 5) is 13.4. The lowest BCUT2D eigenvalue weighted by Gasteiger charge is -2.12. The van der Waals surface area contributed by atoms with Gasteiger partial charge in [-0.1, -0.05) is 49.2 Å². The van der Waals surface area contributed by atoms with Crippen LogP contribution in [0.5, 0.6) is 0 Å². The highest BCUT2D eigenvalue weighted by molar-refractivity contribution is 8.00. The summed E-state index contributed by atoms with van der Waals surface area (Å²) in [7, 11) is 0. The van der Waals surface area contributed by atoms with E-state index in [0.29, 0.717) is 26.5 Å². The highest BCUT2D eigenvalue weighted by Crippen LogP contribution is 2.29. The molecule has 21 heavy (non-hydrogen) atoms. The van der Waals surface area contributed by atoms with Crippen molar-refractivity contribution >= 4 is 46.6 Å². The predicted octanol–water partition coefficient (Wildman–Crippen LogP) is 5.75. The maximum atomic E-state index is 12.5. The van der Waals surface area contributed by atoms with Gasteiger partial charge in [0.2, 0.25) is 0 Å². The SMILES string of the molecule is CC(C)Sc1ccccc1C(=O)Nc1cc(Cl)ccc1Cl. The fraction of sp³-hybridized carbons (Fsp3) is 0.188. The fourth-order valence-electron chi connectivity index (χ4n) is 1.79. The Labute approximate surface area is 138 Å². The average molecular weight is 340 g/mol. The molecule has 0 aliphatic heterocycles. The number of hydrogen-bond acceptors (Lipinski definition) is 2. The first kappa shape index (κ1) is 16.2. The summed E-state index contributed by atoms with van der Waals surface area (Å²) in [5.41, 5.74) is 1.14. The molecule has 0 aromatic heterocycles. The summed E-state index contributed by atoms with van der Waals surface area (Å²) in [5, 5.41) is 4.20. The van der Waals surface area contributed by atoms with E-state index in [4.69, 9.17) is 23.2 Å². The van der Waals surface area contributed by atoms with Gasteiger partial charge in [0.1, 0.15) is 0 Å². The summed E-state index contributed by atoms with van der Waals surface area (Å²) in [6.45, 7) is 4.18. The molecule has 1 N–H and O–H groups in total. The lowest BCUT2D eigenvalue weighted by molar-refractivity contribution is 0.102. The standard InChI is InChI=1S/C16H15Cl2NOS/c1-10(2)21-15-6-4-3-5-12(15)16(20)19-14-9-11(17)7-8-13(14)18/h3-10H,1-2H3,(H,19,20). The quantitative estimate of drug-likeness (QED) is 0.719. The molecule has 0 aliphatic carbocycles. The van der Waals surface area contributed by atoms with Crippen molar-refractivity contribution in [2.24, 2.45) is 0 Å². The normalized spacial score (nSPS) is 10.7. The van der Waals surface area contributed by atoms with Crippen LogP contribution in [0.4, 0.5) is 5.69 Å². The molecule has 2 aromatic carbocycles. The number of anilines is 1. The molecule has 2 rings (SSSR count). The number of thioether (sulfide) groups is 1. The maximum Gasteiger partial charge on any atom is 0.256 e. The first-order valence-electron chi connectivity index (χ1n) is 6.49. The number of amides is 1. The molecule has 0 saturated heterocycles. The number of nitrogens with one attached hydrogen (secondary N) is 1. The van der Waals surface area contributed by atoms with Crippen molar-refractivity contribution < 1.29 is 4.79 Å². The van der Waals surface area contributed by atoms with E-state index in [1.807, 2.05) is 18.2 Å². The number of halogens is 2. The Kier molecular flexibility index (Phi) is 5.57. The molecule has 0 heterocycles. The molecule has 0 saturated carbocycles. The third-order valence-corrected chi connectivity index (χ3v) is 4.32. The zero-order valence-electron chi connectivity index (χ0n) is 11.7. The number of rotatable bonds is 4. The van der Waals surface area contributed by atoms with Crippen LogP contribution in [-0.2, 0) is 0 Å². The van der Waals surface area contributed by atoms with E-state index < -0.39 is 0 Å². The van der Waals surface area contributed by atoms with Crippen molar-refractivity contribution in [2.45, 2.75) is 24.0 Å². The molecular weight excluding hydrogens is 325 g/mol. The second-order valence-electron chi connectivity index (χ2n) is 4.74. The fourth-order valence-corrected chi connectivity index (χ4v) is 3.08. The van der Waals surface area contributed by atoms with Gasteiger partial charge in [-0.25, -0.2) is 0 Å². The highest BCUT2D eigenvalue weighted by Gasteiger charge is 2.14. The van der Waals surface area contributed by atoms with Gasteiger partial charge in [0.05, 0.1) is 16.3 Å². The van der Waals surface area contributed by atoms with Crippen LogP contribution in [0.1, 0.15) is 24.2 Å². The Bertz CT molecular complexity index is 658. The van der Waals surface area contributed by atoms with Crippen molar-refractivity contribution in [1.82, 2.24) is 0 Å². The molecule has 0 radical (unpaired) electrons. The van der Waals surface area contributed by atoms with E-state index in [9.17, 15) is 4.79 Å². The van der Waals surface area contributed by atoms with Gasteiger partial charge in [-0.05, 0) is 30.3 Å². The predicted molar refractivity (Wildman–Crippen MR) is 91.9 cm³/mol.